The minimum atomic E-state index is -3.53. The first-order valence-corrected chi connectivity index (χ1v) is 13.0. The largest absolute Gasteiger partial charge is 0.497 e. The summed E-state index contributed by atoms with van der Waals surface area (Å²) in [7, 11) is -1.99. The van der Waals surface area contributed by atoms with Gasteiger partial charge >= 0.3 is 0 Å². The maximum atomic E-state index is 12.6. The third-order valence-electron chi connectivity index (χ3n) is 5.49. The van der Waals surface area contributed by atoms with Crippen LogP contribution in [0, 0.1) is 0 Å². The fraction of sp³-hybridized carbons (Fsp3) is 0.417. The molecule has 2 amide bonds. The van der Waals surface area contributed by atoms with Crippen LogP contribution in [-0.4, -0.2) is 59.4 Å². The molecule has 1 aliphatic rings. The Balaban J connectivity index is 1.56. The minimum Gasteiger partial charge on any atom is -0.497 e. The van der Waals surface area contributed by atoms with E-state index in [1.165, 1.54) is 11.4 Å². The standard InChI is InChI=1S/C24H31N3O6S/c1-32-19-13-11-18(12-14-19)27(34(2,30)31)15-5-10-23(28)26-22-9-4-3-8-21(22)24(29)25-17-20-7-6-16-33-20/h3-4,8-9,11-14,20H,5-7,10,15-17H2,1-2H3,(H,25,29)(H,26,28). The van der Waals surface area contributed by atoms with E-state index in [1.54, 1.807) is 48.5 Å². The van der Waals surface area contributed by atoms with Crippen molar-refractivity contribution in [3.63, 3.8) is 0 Å². The van der Waals surface area contributed by atoms with E-state index < -0.39 is 10.0 Å². The van der Waals surface area contributed by atoms with E-state index in [4.69, 9.17) is 9.47 Å². The van der Waals surface area contributed by atoms with E-state index in [0.717, 1.165) is 19.1 Å². The molecule has 1 unspecified atom stereocenters. The second-order valence-corrected chi connectivity index (χ2v) is 9.98. The number of sulfonamides is 1. The van der Waals surface area contributed by atoms with Crippen molar-refractivity contribution in [2.75, 3.05) is 42.7 Å². The molecule has 9 nitrogen and oxygen atoms in total. The van der Waals surface area contributed by atoms with Crippen LogP contribution >= 0.6 is 0 Å². The molecule has 1 heterocycles. The summed E-state index contributed by atoms with van der Waals surface area (Å²) in [5.74, 6) is 0.0340. The van der Waals surface area contributed by atoms with Gasteiger partial charge in [-0.05, 0) is 55.7 Å². The van der Waals surface area contributed by atoms with Gasteiger partial charge < -0.3 is 20.1 Å². The van der Waals surface area contributed by atoms with Gasteiger partial charge in [-0.1, -0.05) is 12.1 Å². The molecule has 1 fully saturated rings. The monoisotopic (exact) mass is 489 g/mol. The number of ether oxygens (including phenoxy) is 2. The maximum absolute atomic E-state index is 12.6. The maximum Gasteiger partial charge on any atom is 0.253 e. The summed E-state index contributed by atoms with van der Waals surface area (Å²) in [4.78, 5) is 25.2. The predicted octanol–water partition coefficient (Wildman–Crippen LogP) is 2.79. The van der Waals surface area contributed by atoms with E-state index in [2.05, 4.69) is 10.6 Å². The Hall–Kier alpha value is -3.11. The van der Waals surface area contributed by atoms with Gasteiger partial charge in [-0.2, -0.15) is 0 Å². The van der Waals surface area contributed by atoms with Crippen LogP contribution in [0.3, 0.4) is 0 Å². The Morgan fingerprint density at radius 1 is 1.15 bits per heavy atom. The first kappa shape index (κ1) is 25.5. The van der Waals surface area contributed by atoms with E-state index >= 15 is 0 Å². The van der Waals surface area contributed by atoms with Gasteiger partial charge in [-0.15, -0.1) is 0 Å². The zero-order valence-electron chi connectivity index (χ0n) is 19.5. The Labute approximate surface area is 200 Å². The fourth-order valence-electron chi connectivity index (χ4n) is 3.73. The van der Waals surface area contributed by atoms with Crippen molar-refractivity contribution in [3.05, 3.63) is 54.1 Å². The minimum absolute atomic E-state index is 0.0224. The first-order chi connectivity index (χ1) is 16.3. The molecule has 34 heavy (non-hydrogen) atoms. The second-order valence-electron chi connectivity index (χ2n) is 8.08. The molecule has 1 saturated heterocycles. The number of nitrogens with one attached hydrogen (secondary N) is 2. The van der Waals surface area contributed by atoms with Crippen molar-refractivity contribution >= 4 is 33.2 Å². The molecule has 10 heteroatoms. The van der Waals surface area contributed by atoms with Gasteiger partial charge in [-0.25, -0.2) is 8.42 Å². The summed E-state index contributed by atoms with van der Waals surface area (Å²) in [5.41, 5.74) is 1.27. The highest BCUT2D eigenvalue weighted by Gasteiger charge is 2.20. The zero-order valence-corrected chi connectivity index (χ0v) is 20.3. The number of hydrogen-bond acceptors (Lipinski definition) is 6. The smallest absolute Gasteiger partial charge is 0.253 e. The summed E-state index contributed by atoms with van der Waals surface area (Å²) in [5, 5.41) is 5.63. The van der Waals surface area contributed by atoms with Gasteiger partial charge in [-0.3, -0.25) is 13.9 Å². The Morgan fingerprint density at radius 3 is 2.53 bits per heavy atom. The lowest BCUT2D eigenvalue weighted by Gasteiger charge is -2.22. The van der Waals surface area contributed by atoms with Crippen molar-refractivity contribution in [3.8, 4) is 5.75 Å². The SMILES string of the molecule is COc1ccc(N(CCCC(=O)Nc2ccccc2C(=O)NCC2CCCO2)S(C)(=O)=O)cc1. The summed E-state index contributed by atoms with van der Waals surface area (Å²) >= 11 is 0. The lowest BCUT2D eigenvalue weighted by atomic mass is 10.1. The highest BCUT2D eigenvalue weighted by Crippen LogP contribution is 2.22. The molecule has 1 aliphatic heterocycles. The molecule has 2 aromatic rings. The topological polar surface area (TPSA) is 114 Å². The van der Waals surface area contributed by atoms with Crippen LogP contribution in [0.25, 0.3) is 0 Å². The number of para-hydroxylation sites is 1. The Bertz CT molecular complexity index is 1080. The molecule has 2 N–H and O–H groups in total. The fourth-order valence-corrected chi connectivity index (χ4v) is 4.69. The second kappa shape index (κ2) is 11.8. The molecule has 0 bridgehead atoms. The molecular weight excluding hydrogens is 458 g/mol. The van der Waals surface area contributed by atoms with Crippen LogP contribution in [0.4, 0.5) is 11.4 Å². The van der Waals surface area contributed by atoms with Crippen molar-refractivity contribution in [1.82, 2.24) is 5.32 Å². The van der Waals surface area contributed by atoms with Crippen LogP contribution in [0.1, 0.15) is 36.0 Å². The molecule has 0 spiro atoms. The van der Waals surface area contributed by atoms with Gasteiger partial charge in [0.05, 0.1) is 36.4 Å². The number of benzene rings is 2. The number of methoxy groups -OCH3 is 1. The molecule has 0 aliphatic carbocycles. The van der Waals surface area contributed by atoms with Gasteiger partial charge in [0.2, 0.25) is 15.9 Å². The lowest BCUT2D eigenvalue weighted by molar-refractivity contribution is -0.116. The predicted molar refractivity (Wildman–Crippen MR) is 131 cm³/mol. The van der Waals surface area contributed by atoms with Gasteiger partial charge in [0, 0.05) is 26.1 Å². The van der Waals surface area contributed by atoms with Crippen LogP contribution in [-0.2, 0) is 19.6 Å². The van der Waals surface area contributed by atoms with Crippen LogP contribution in [0.2, 0.25) is 0 Å². The number of carbonyl (C=O) groups excluding carboxylic acids is 2. The first-order valence-electron chi connectivity index (χ1n) is 11.2. The van der Waals surface area contributed by atoms with Gasteiger partial charge in [0.25, 0.3) is 5.91 Å². The van der Waals surface area contributed by atoms with Gasteiger partial charge in [0.1, 0.15) is 5.75 Å². The van der Waals surface area contributed by atoms with Crippen molar-refractivity contribution in [1.29, 1.82) is 0 Å². The molecule has 0 radical (unpaired) electrons. The van der Waals surface area contributed by atoms with Gasteiger partial charge in [0.15, 0.2) is 0 Å². The normalized spacial score (nSPS) is 15.5. The molecular formula is C24H31N3O6S. The third-order valence-corrected chi connectivity index (χ3v) is 6.68. The quantitative estimate of drug-likeness (QED) is 0.502. The number of nitrogens with zero attached hydrogens (tertiary/aromatic N) is 1. The average Bonchev–Trinajstić information content (AvgIpc) is 3.34. The number of amides is 2. The van der Waals surface area contributed by atoms with E-state index in [1.807, 2.05) is 0 Å². The summed E-state index contributed by atoms with van der Waals surface area (Å²) < 4.78 is 36.4. The van der Waals surface area contributed by atoms with E-state index in [9.17, 15) is 18.0 Å². The van der Waals surface area contributed by atoms with Crippen molar-refractivity contribution < 1.29 is 27.5 Å². The van der Waals surface area contributed by atoms with Crippen LogP contribution in [0.5, 0.6) is 5.75 Å². The summed E-state index contributed by atoms with van der Waals surface area (Å²) in [6, 6.07) is 13.5. The van der Waals surface area contributed by atoms with Crippen molar-refractivity contribution in [2.45, 2.75) is 31.8 Å². The molecule has 2 aromatic carbocycles. The number of hydrogen-bond donors (Lipinski definition) is 2. The number of rotatable bonds is 11. The molecule has 0 aromatic heterocycles. The van der Waals surface area contributed by atoms with E-state index in [-0.39, 0.29) is 30.9 Å². The number of carbonyl (C=O) groups is 2. The zero-order chi connectivity index (χ0) is 24.6. The summed E-state index contributed by atoms with van der Waals surface area (Å²) in [6.45, 7) is 1.28. The van der Waals surface area contributed by atoms with E-state index in [0.29, 0.717) is 42.3 Å². The molecule has 0 saturated carbocycles. The average molecular weight is 490 g/mol. The highest BCUT2D eigenvalue weighted by atomic mass is 32.2. The van der Waals surface area contributed by atoms with Crippen molar-refractivity contribution in [2.24, 2.45) is 0 Å². The third kappa shape index (κ3) is 7.19. The summed E-state index contributed by atoms with van der Waals surface area (Å²) in [6.07, 6.45) is 3.45. The Kier molecular flexibility index (Phi) is 8.89. The highest BCUT2D eigenvalue weighted by molar-refractivity contribution is 7.92. The number of anilines is 2. The van der Waals surface area contributed by atoms with Crippen LogP contribution < -0.4 is 19.7 Å². The Morgan fingerprint density at radius 2 is 1.88 bits per heavy atom. The molecule has 1 atom stereocenters. The molecule has 3 rings (SSSR count). The lowest BCUT2D eigenvalue weighted by Crippen LogP contribution is -2.32. The molecule has 184 valence electrons. The van der Waals surface area contributed by atoms with Crippen LogP contribution in [0.15, 0.2) is 48.5 Å².